The zero-order valence-electron chi connectivity index (χ0n) is 18.7. The van der Waals surface area contributed by atoms with Crippen molar-refractivity contribution in [3.8, 4) is 0 Å². The Hall–Kier alpha value is -2.06. The number of benzene rings is 1. The third-order valence-corrected chi connectivity index (χ3v) is 5.12. The Kier molecular flexibility index (Phi) is 11.6. The second kappa shape index (κ2) is 13.4. The average molecular weight is 473 g/mol. The minimum Gasteiger partial charge on any atom is -0.466 e. The van der Waals surface area contributed by atoms with Gasteiger partial charge in [-0.2, -0.15) is 0 Å². The maximum atomic E-state index is 12.9. The number of esters is 2. The third kappa shape index (κ3) is 6.71. The molecule has 0 radical (unpaired) electrons. The largest absolute Gasteiger partial charge is 0.466 e. The van der Waals surface area contributed by atoms with Crippen LogP contribution in [0, 0.1) is 0 Å². The number of ether oxygens (including phenoxy) is 3. The molecule has 0 bridgehead atoms. The standard InChI is InChI=1S/C20H23Cl2NO5.C2H7N/c1-5-27-10-14-17(20(25)28-6-2)16(12-8-7-9-13(21)18(12)22)15(11(3)23-14)19(24)26-4;1-3-2/h7-9,16,23H,5-6,10H2,1-4H3;3H,1-2H3. The van der Waals surface area contributed by atoms with Gasteiger partial charge in [-0.15, -0.1) is 0 Å². The van der Waals surface area contributed by atoms with Gasteiger partial charge in [-0.05, 0) is 46.5 Å². The highest BCUT2D eigenvalue weighted by atomic mass is 35.5. The molecule has 1 heterocycles. The van der Waals surface area contributed by atoms with Crippen LogP contribution >= 0.6 is 23.2 Å². The minimum atomic E-state index is -0.811. The van der Waals surface area contributed by atoms with Gasteiger partial charge in [0, 0.05) is 12.3 Å². The summed E-state index contributed by atoms with van der Waals surface area (Å²) in [6.07, 6.45) is 0. The van der Waals surface area contributed by atoms with Crippen molar-refractivity contribution < 1.29 is 23.8 Å². The number of carbonyl (C=O) groups is 2. The Labute approximate surface area is 193 Å². The van der Waals surface area contributed by atoms with E-state index in [-0.39, 0.29) is 29.4 Å². The van der Waals surface area contributed by atoms with Crippen LogP contribution in [0.5, 0.6) is 0 Å². The van der Waals surface area contributed by atoms with Crippen molar-refractivity contribution in [2.75, 3.05) is 41.0 Å². The molecule has 7 nitrogen and oxygen atoms in total. The molecule has 31 heavy (non-hydrogen) atoms. The Morgan fingerprint density at radius 1 is 1.10 bits per heavy atom. The van der Waals surface area contributed by atoms with Crippen molar-refractivity contribution in [2.45, 2.75) is 26.7 Å². The summed E-state index contributed by atoms with van der Waals surface area (Å²) in [5.74, 6) is -1.96. The maximum absolute atomic E-state index is 12.9. The average Bonchev–Trinajstić information content (AvgIpc) is 2.73. The molecule has 0 fully saturated rings. The molecule has 1 aliphatic heterocycles. The van der Waals surface area contributed by atoms with Crippen LogP contribution in [0.2, 0.25) is 10.0 Å². The summed E-state index contributed by atoms with van der Waals surface area (Å²) in [7, 11) is 5.03. The molecule has 0 spiro atoms. The van der Waals surface area contributed by atoms with Gasteiger partial charge in [0.1, 0.15) is 0 Å². The van der Waals surface area contributed by atoms with E-state index < -0.39 is 17.9 Å². The van der Waals surface area contributed by atoms with Gasteiger partial charge in [-0.25, -0.2) is 9.59 Å². The van der Waals surface area contributed by atoms with Crippen LogP contribution < -0.4 is 10.6 Å². The van der Waals surface area contributed by atoms with Crippen LogP contribution in [0.3, 0.4) is 0 Å². The first-order valence-corrected chi connectivity index (χ1v) is 10.6. The Bertz CT molecular complexity index is 852. The van der Waals surface area contributed by atoms with E-state index in [1.54, 1.807) is 32.0 Å². The monoisotopic (exact) mass is 472 g/mol. The minimum absolute atomic E-state index is 0.144. The van der Waals surface area contributed by atoms with Gasteiger partial charge >= 0.3 is 11.9 Å². The first kappa shape index (κ1) is 27.0. The van der Waals surface area contributed by atoms with E-state index >= 15 is 0 Å². The van der Waals surface area contributed by atoms with Gasteiger partial charge in [0.2, 0.25) is 0 Å². The van der Waals surface area contributed by atoms with Crippen LogP contribution in [-0.2, 0) is 23.8 Å². The number of dihydropyridines is 1. The summed E-state index contributed by atoms with van der Waals surface area (Å²) >= 11 is 12.7. The van der Waals surface area contributed by atoms with Crippen LogP contribution in [0.25, 0.3) is 0 Å². The molecule has 2 N–H and O–H groups in total. The summed E-state index contributed by atoms with van der Waals surface area (Å²) in [5, 5.41) is 6.41. The van der Waals surface area contributed by atoms with Crippen LogP contribution in [0.1, 0.15) is 32.3 Å². The number of carbonyl (C=O) groups excluding carboxylic acids is 2. The maximum Gasteiger partial charge on any atom is 0.336 e. The van der Waals surface area contributed by atoms with Crippen molar-refractivity contribution in [3.63, 3.8) is 0 Å². The lowest BCUT2D eigenvalue weighted by Gasteiger charge is -2.31. The topological polar surface area (TPSA) is 85.9 Å². The lowest BCUT2D eigenvalue weighted by Crippen LogP contribution is -2.34. The summed E-state index contributed by atoms with van der Waals surface area (Å²) in [6, 6.07) is 5.07. The number of halogens is 2. The summed E-state index contributed by atoms with van der Waals surface area (Å²) in [5.41, 5.74) is 2.05. The van der Waals surface area contributed by atoms with Gasteiger partial charge in [0.25, 0.3) is 0 Å². The smallest absolute Gasteiger partial charge is 0.336 e. The number of hydrogen-bond acceptors (Lipinski definition) is 7. The summed E-state index contributed by atoms with van der Waals surface area (Å²) < 4.78 is 15.7. The van der Waals surface area contributed by atoms with E-state index in [2.05, 4.69) is 10.6 Å². The fourth-order valence-electron chi connectivity index (χ4n) is 3.10. The van der Waals surface area contributed by atoms with E-state index in [4.69, 9.17) is 37.4 Å². The van der Waals surface area contributed by atoms with E-state index in [0.29, 0.717) is 28.6 Å². The SMILES string of the molecule is CCOCC1=C(C(=O)OCC)C(c2cccc(Cl)c2Cl)C(C(=O)OC)=C(C)N1.CNC. The quantitative estimate of drug-likeness (QED) is 0.583. The summed E-state index contributed by atoms with van der Waals surface area (Å²) in [6.45, 7) is 6.06. The molecule has 2 rings (SSSR count). The first-order valence-electron chi connectivity index (χ1n) is 9.85. The van der Waals surface area contributed by atoms with E-state index in [1.807, 2.05) is 21.0 Å². The van der Waals surface area contributed by atoms with Gasteiger partial charge < -0.3 is 24.8 Å². The molecule has 0 aromatic heterocycles. The van der Waals surface area contributed by atoms with Gasteiger partial charge in [0.05, 0.1) is 53.1 Å². The van der Waals surface area contributed by atoms with Gasteiger partial charge in [0.15, 0.2) is 0 Å². The van der Waals surface area contributed by atoms with Crippen molar-refractivity contribution in [3.05, 3.63) is 56.3 Å². The molecule has 0 amide bonds. The van der Waals surface area contributed by atoms with Crippen molar-refractivity contribution >= 4 is 35.1 Å². The Balaban J connectivity index is 0.00000151. The molecule has 1 atom stereocenters. The van der Waals surface area contributed by atoms with E-state index in [0.717, 1.165) is 0 Å². The highest BCUT2D eigenvalue weighted by Gasteiger charge is 2.39. The zero-order valence-corrected chi connectivity index (χ0v) is 20.2. The van der Waals surface area contributed by atoms with E-state index in [1.165, 1.54) is 7.11 Å². The predicted molar refractivity (Wildman–Crippen MR) is 122 cm³/mol. The van der Waals surface area contributed by atoms with Gasteiger partial charge in [-0.1, -0.05) is 35.3 Å². The van der Waals surface area contributed by atoms with E-state index in [9.17, 15) is 9.59 Å². The number of nitrogens with one attached hydrogen (secondary N) is 2. The Morgan fingerprint density at radius 2 is 1.74 bits per heavy atom. The second-order valence-corrected chi connectivity index (χ2v) is 7.27. The van der Waals surface area contributed by atoms with Crippen molar-refractivity contribution in [1.82, 2.24) is 10.6 Å². The second-order valence-electron chi connectivity index (χ2n) is 6.48. The molecule has 0 aliphatic carbocycles. The molecule has 9 heteroatoms. The number of rotatable bonds is 7. The molecule has 0 saturated heterocycles. The predicted octanol–water partition coefficient (Wildman–Crippen LogP) is 3.82. The fraction of sp³-hybridized carbons (Fsp3) is 0.455. The highest BCUT2D eigenvalue weighted by Crippen LogP contribution is 2.43. The molecule has 1 aromatic carbocycles. The van der Waals surface area contributed by atoms with Gasteiger partial charge in [-0.3, -0.25) is 0 Å². The fourth-order valence-corrected chi connectivity index (χ4v) is 3.52. The molecule has 1 unspecified atom stereocenters. The highest BCUT2D eigenvalue weighted by molar-refractivity contribution is 6.42. The van der Waals surface area contributed by atoms with Crippen molar-refractivity contribution in [1.29, 1.82) is 0 Å². The van der Waals surface area contributed by atoms with Crippen molar-refractivity contribution in [2.24, 2.45) is 0 Å². The lowest BCUT2D eigenvalue weighted by molar-refractivity contribution is -0.139. The first-order chi connectivity index (χ1) is 14.8. The Morgan fingerprint density at radius 3 is 2.29 bits per heavy atom. The molecule has 172 valence electrons. The molecule has 1 aromatic rings. The van der Waals surface area contributed by atoms with Crippen LogP contribution in [0.15, 0.2) is 40.7 Å². The lowest BCUT2D eigenvalue weighted by atomic mass is 9.80. The molecular formula is C22H30Cl2N2O5. The number of hydrogen-bond donors (Lipinski definition) is 2. The number of methoxy groups -OCH3 is 1. The molecule has 1 aliphatic rings. The van der Waals surface area contributed by atoms with Crippen LogP contribution in [0.4, 0.5) is 0 Å². The molecule has 0 saturated carbocycles. The molecular weight excluding hydrogens is 443 g/mol. The summed E-state index contributed by atoms with van der Waals surface area (Å²) in [4.78, 5) is 25.5. The number of allylic oxidation sites excluding steroid dienone is 1. The zero-order chi connectivity index (χ0) is 23.6. The normalized spacial score (nSPS) is 15.7. The third-order valence-electron chi connectivity index (χ3n) is 4.29. The van der Waals surface area contributed by atoms with Crippen LogP contribution in [-0.4, -0.2) is 53.0 Å².